The molecule has 102 valence electrons. The van der Waals surface area contributed by atoms with Crippen molar-refractivity contribution in [1.82, 2.24) is 0 Å². The van der Waals surface area contributed by atoms with E-state index in [-0.39, 0.29) is 0 Å². The third kappa shape index (κ3) is 2.60. The molecule has 0 spiro atoms. The summed E-state index contributed by atoms with van der Waals surface area (Å²) in [6.45, 7) is 0.838. The number of carboxylic acids is 1. The Morgan fingerprint density at radius 1 is 1.15 bits per heavy atom. The first-order valence-electron chi connectivity index (χ1n) is 6.09. The van der Waals surface area contributed by atoms with Crippen molar-refractivity contribution in [1.29, 1.82) is 0 Å². The Kier molecular flexibility index (Phi) is 3.82. The predicted octanol–water partition coefficient (Wildman–Crippen LogP) is 4.38. The molecular weight excluding hydrogens is 292 g/mol. The summed E-state index contributed by atoms with van der Waals surface area (Å²) in [5.41, 5.74) is 0.773. The highest BCUT2D eigenvalue weighted by atomic mass is 32.1. The molecule has 0 aliphatic carbocycles. The molecule has 3 aromatic rings. The Bertz CT molecular complexity index is 729. The Morgan fingerprint density at radius 3 is 2.75 bits per heavy atom. The van der Waals surface area contributed by atoms with E-state index in [0.29, 0.717) is 18.1 Å². The number of hydrogen-bond acceptors (Lipinski definition) is 4. The lowest BCUT2D eigenvalue weighted by Gasteiger charge is -2.03. The minimum Gasteiger partial charge on any atom is -0.477 e. The van der Waals surface area contributed by atoms with Gasteiger partial charge in [0.2, 0.25) is 0 Å². The number of carbonyl (C=O) groups is 1. The van der Waals surface area contributed by atoms with Gasteiger partial charge in [-0.05, 0) is 22.9 Å². The highest BCUT2D eigenvalue weighted by Crippen LogP contribution is 2.32. The van der Waals surface area contributed by atoms with Crippen molar-refractivity contribution >= 4 is 38.7 Å². The molecule has 0 amide bonds. The third-order valence-electron chi connectivity index (χ3n) is 2.96. The van der Waals surface area contributed by atoms with E-state index in [9.17, 15) is 9.90 Å². The molecule has 3 nitrogen and oxygen atoms in total. The van der Waals surface area contributed by atoms with E-state index in [1.807, 2.05) is 41.8 Å². The van der Waals surface area contributed by atoms with Crippen molar-refractivity contribution in [2.24, 2.45) is 0 Å². The van der Waals surface area contributed by atoms with E-state index in [4.69, 9.17) is 4.74 Å². The average molecular weight is 304 g/mol. The first-order valence-corrected chi connectivity index (χ1v) is 7.79. The highest BCUT2D eigenvalue weighted by Gasteiger charge is 2.17. The van der Waals surface area contributed by atoms with Crippen LogP contribution in [-0.4, -0.2) is 11.1 Å². The standard InChI is InChI=1S/C15H12O3S2/c16-15(17)14-12(9-18-8-10-4-3-7-19-10)11-5-1-2-6-13(11)20-14/h1-7H,8-9H2,(H,16,17). The quantitative estimate of drug-likeness (QED) is 0.761. The van der Waals surface area contributed by atoms with Gasteiger partial charge >= 0.3 is 5.97 Å². The van der Waals surface area contributed by atoms with E-state index < -0.39 is 5.97 Å². The lowest BCUT2D eigenvalue weighted by Crippen LogP contribution is -2.00. The molecule has 0 aliphatic rings. The maximum atomic E-state index is 11.3. The van der Waals surface area contributed by atoms with Crippen LogP contribution in [0.15, 0.2) is 41.8 Å². The fourth-order valence-corrected chi connectivity index (χ4v) is 3.75. The Hall–Kier alpha value is -1.69. The van der Waals surface area contributed by atoms with Crippen LogP contribution in [0.5, 0.6) is 0 Å². The normalized spacial score (nSPS) is 11.0. The topological polar surface area (TPSA) is 46.5 Å². The van der Waals surface area contributed by atoms with Crippen LogP contribution in [0.25, 0.3) is 10.1 Å². The Balaban J connectivity index is 1.85. The second-order valence-corrected chi connectivity index (χ2v) is 6.37. The zero-order valence-corrected chi connectivity index (χ0v) is 12.2. The summed E-state index contributed by atoms with van der Waals surface area (Å²) in [5.74, 6) is -0.888. The number of fused-ring (bicyclic) bond motifs is 1. The zero-order chi connectivity index (χ0) is 13.9. The van der Waals surface area contributed by atoms with Gasteiger partial charge in [0.1, 0.15) is 4.88 Å². The minimum atomic E-state index is -0.888. The summed E-state index contributed by atoms with van der Waals surface area (Å²) in [5, 5.41) is 12.3. The molecule has 20 heavy (non-hydrogen) atoms. The van der Waals surface area contributed by atoms with Crippen molar-refractivity contribution in [3.8, 4) is 0 Å². The van der Waals surface area contributed by atoms with Crippen molar-refractivity contribution in [3.63, 3.8) is 0 Å². The molecule has 0 saturated heterocycles. The summed E-state index contributed by atoms with van der Waals surface area (Å²) >= 11 is 2.94. The summed E-state index contributed by atoms with van der Waals surface area (Å²) in [4.78, 5) is 12.9. The van der Waals surface area contributed by atoms with Crippen LogP contribution in [0.4, 0.5) is 0 Å². The van der Waals surface area contributed by atoms with Crippen LogP contribution in [0, 0.1) is 0 Å². The molecule has 0 unspecified atom stereocenters. The number of carboxylic acid groups (broad SMARTS) is 1. The first-order chi connectivity index (χ1) is 9.75. The van der Waals surface area contributed by atoms with Crippen molar-refractivity contribution in [2.75, 3.05) is 0 Å². The first kappa shape index (κ1) is 13.3. The van der Waals surface area contributed by atoms with Gasteiger partial charge in [0, 0.05) is 15.1 Å². The maximum absolute atomic E-state index is 11.3. The number of ether oxygens (including phenoxy) is 1. The molecule has 5 heteroatoms. The van der Waals surface area contributed by atoms with Crippen LogP contribution >= 0.6 is 22.7 Å². The van der Waals surface area contributed by atoms with Gasteiger partial charge in [0.25, 0.3) is 0 Å². The molecule has 0 aliphatic heterocycles. The lowest BCUT2D eigenvalue weighted by atomic mass is 10.1. The van der Waals surface area contributed by atoms with Gasteiger partial charge in [-0.3, -0.25) is 0 Å². The van der Waals surface area contributed by atoms with Crippen molar-refractivity contribution < 1.29 is 14.6 Å². The smallest absolute Gasteiger partial charge is 0.346 e. The van der Waals surface area contributed by atoms with E-state index >= 15 is 0 Å². The molecule has 3 rings (SSSR count). The number of hydrogen-bond donors (Lipinski definition) is 1. The molecule has 0 radical (unpaired) electrons. The van der Waals surface area contributed by atoms with E-state index in [0.717, 1.165) is 20.5 Å². The Labute approximate surface area is 124 Å². The zero-order valence-electron chi connectivity index (χ0n) is 10.5. The molecular formula is C15H12O3S2. The monoisotopic (exact) mass is 304 g/mol. The van der Waals surface area contributed by atoms with E-state index in [1.165, 1.54) is 11.3 Å². The molecule has 2 aromatic heterocycles. The second-order valence-electron chi connectivity index (χ2n) is 4.28. The van der Waals surface area contributed by atoms with E-state index in [1.54, 1.807) is 11.3 Å². The number of rotatable bonds is 5. The maximum Gasteiger partial charge on any atom is 0.346 e. The van der Waals surface area contributed by atoms with Gasteiger partial charge in [-0.1, -0.05) is 24.3 Å². The van der Waals surface area contributed by atoms with Crippen molar-refractivity contribution in [2.45, 2.75) is 13.2 Å². The molecule has 0 fully saturated rings. The van der Waals surface area contributed by atoms with E-state index in [2.05, 4.69) is 0 Å². The molecule has 0 atom stereocenters. The van der Waals surface area contributed by atoms with Gasteiger partial charge in [-0.2, -0.15) is 0 Å². The Morgan fingerprint density at radius 2 is 2.00 bits per heavy atom. The number of aromatic carboxylic acids is 1. The summed E-state index contributed by atoms with van der Waals surface area (Å²) < 4.78 is 6.66. The molecule has 0 bridgehead atoms. The van der Waals surface area contributed by atoms with Crippen LogP contribution in [0.1, 0.15) is 20.1 Å². The highest BCUT2D eigenvalue weighted by molar-refractivity contribution is 7.21. The van der Waals surface area contributed by atoms with Gasteiger partial charge in [-0.15, -0.1) is 22.7 Å². The van der Waals surface area contributed by atoms with Crippen LogP contribution < -0.4 is 0 Å². The van der Waals surface area contributed by atoms with Gasteiger partial charge < -0.3 is 9.84 Å². The SMILES string of the molecule is O=C(O)c1sc2ccccc2c1COCc1cccs1. The summed E-state index contributed by atoms with van der Waals surface area (Å²) in [7, 11) is 0. The lowest BCUT2D eigenvalue weighted by molar-refractivity contribution is 0.0691. The molecule has 1 aromatic carbocycles. The number of benzene rings is 1. The molecule has 1 N–H and O–H groups in total. The van der Waals surface area contributed by atoms with Gasteiger partial charge in [0.05, 0.1) is 13.2 Å². The second kappa shape index (κ2) is 5.75. The minimum absolute atomic E-state index is 0.323. The number of thiophene rings is 2. The van der Waals surface area contributed by atoms with Gasteiger partial charge in [0.15, 0.2) is 0 Å². The molecule has 2 heterocycles. The summed E-state index contributed by atoms with van der Waals surface area (Å²) in [6.07, 6.45) is 0. The summed E-state index contributed by atoms with van der Waals surface area (Å²) in [6, 6.07) is 11.7. The predicted molar refractivity (Wildman–Crippen MR) is 81.6 cm³/mol. The van der Waals surface area contributed by atoms with Crippen LogP contribution in [-0.2, 0) is 18.0 Å². The largest absolute Gasteiger partial charge is 0.477 e. The van der Waals surface area contributed by atoms with Crippen LogP contribution in [0.3, 0.4) is 0 Å². The average Bonchev–Trinajstić information content (AvgIpc) is 3.07. The molecule has 0 saturated carbocycles. The third-order valence-corrected chi connectivity index (χ3v) is 5.01. The van der Waals surface area contributed by atoms with Crippen molar-refractivity contribution in [3.05, 3.63) is 57.1 Å². The van der Waals surface area contributed by atoms with Gasteiger partial charge in [-0.25, -0.2) is 4.79 Å². The fraction of sp³-hybridized carbons (Fsp3) is 0.133. The fourth-order valence-electron chi connectivity index (χ4n) is 2.06. The van der Waals surface area contributed by atoms with Crippen LogP contribution in [0.2, 0.25) is 0 Å².